The van der Waals surface area contributed by atoms with Gasteiger partial charge in [-0.25, -0.2) is 9.78 Å². The Balaban J connectivity index is 1.64. The van der Waals surface area contributed by atoms with Crippen molar-refractivity contribution >= 4 is 18.0 Å². The number of oxazole rings is 1. The molecular weight excluding hydrogens is 432 g/mol. The van der Waals surface area contributed by atoms with Gasteiger partial charge in [-0.15, -0.1) is 0 Å². The highest BCUT2D eigenvalue weighted by Crippen LogP contribution is 2.33. The molecule has 1 aromatic carbocycles. The number of benzene rings is 1. The summed E-state index contributed by atoms with van der Waals surface area (Å²) in [5, 5.41) is 9.89. The average Bonchev–Trinajstić information content (AvgIpc) is 3.28. The van der Waals surface area contributed by atoms with Crippen LogP contribution in [0.15, 0.2) is 59.3 Å². The van der Waals surface area contributed by atoms with Crippen molar-refractivity contribution in [1.29, 1.82) is 0 Å². The Kier molecular flexibility index (Phi) is 9.26. The molecule has 2 aromatic rings. The number of fused-ring (bicyclic) bond motifs is 1. The maximum Gasteiger partial charge on any atom is 0.331 e. The summed E-state index contributed by atoms with van der Waals surface area (Å²) in [5.41, 5.74) is 2.29. The van der Waals surface area contributed by atoms with Gasteiger partial charge in [0.25, 0.3) is 0 Å². The van der Waals surface area contributed by atoms with Crippen molar-refractivity contribution in [3.8, 4) is 5.75 Å². The van der Waals surface area contributed by atoms with E-state index in [0.717, 1.165) is 30.5 Å². The van der Waals surface area contributed by atoms with Crippen molar-refractivity contribution in [2.24, 2.45) is 0 Å². The maximum absolute atomic E-state index is 12.6. The minimum absolute atomic E-state index is 0.326. The number of carboxylic acids is 1. The summed E-state index contributed by atoms with van der Waals surface area (Å²) in [4.78, 5) is 30.5. The first-order chi connectivity index (χ1) is 16.5. The van der Waals surface area contributed by atoms with Gasteiger partial charge < -0.3 is 19.2 Å². The Hall–Kier alpha value is -3.61. The van der Waals surface area contributed by atoms with Crippen LogP contribution in [0.1, 0.15) is 61.9 Å². The zero-order valence-electron chi connectivity index (χ0n) is 19.8. The number of nitrogens with zero attached hydrogens (tertiary/aromatic N) is 2. The minimum atomic E-state index is -1.06. The third-order valence-corrected chi connectivity index (χ3v) is 5.59. The van der Waals surface area contributed by atoms with Crippen molar-refractivity contribution in [1.82, 2.24) is 9.88 Å². The molecule has 1 aliphatic heterocycles. The Bertz CT molecular complexity index is 1070. The molecular formula is C27H32N2O5. The lowest BCUT2D eigenvalue weighted by Crippen LogP contribution is -2.42. The summed E-state index contributed by atoms with van der Waals surface area (Å²) in [6.07, 6.45) is 16.6. The zero-order chi connectivity index (χ0) is 24.3. The van der Waals surface area contributed by atoms with Crippen molar-refractivity contribution in [2.75, 3.05) is 13.2 Å². The first-order valence-electron chi connectivity index (χ1n) is 11.7. The van der Waals surface area contributed by atoms with E-state index < -0.39 is 12.0 Å². The number of ether oxygens (including phenoxy) is 1. The van der Waals surface area contributed by atoms with Gasteiger partial charge in [-0.1, -0.05) is 50.1 Å². The van der Waals surface area contributed by atoms with E-state index in [-0.39, 0.29) is 5.91 Å². The van der Waals surface area contributed by atoms with Crippen LogP contribution in [0.5, 0.6) is 5.75 Å². The third-order valence-electron chi connectivity index (χ3n) is 5.59. The molecule has 1 unspecified atom stereocenters. The molecule has 1 aromatic heterocycles. The zero-order valence-corrected chi connectivity index (χ0v) is 19.8. The van der Waals surface area contributed by atoms with Gasteiger partial charge in [0.05, 0.1) is 12.3 Å². The molecule has 34 heavy (non-hydrogen) atoms. The second kappa shape index (κ2) is 12.6. The van der Waals surface area contributed by atoms with E-state index in [4.69, 9.17) is 9.15 Å². The summed E-state index contributed by atoms with van der Waals surface area (Å²) >= 11 is 0. The Morgan fingerprint density at radius 2 is 2.18 bits per heavy atom. The quantitative estimate of drug-likeness (QED) is 0.281. The number of aromatic nitrogens is 1. The highest BCUT2D eigenvalue weighted by molar-refractivity contribution is 5.92. The van der Waals surface area contributed by atoms with Gasteiger partial charge in [0.1, 0.15) is 12.0 Å². The Morgan fingerprint density at radius 1 is 1.32 bits per heavy atom. The number of carbonyl (C=O) groups is 2. The lowest BCUT2D eigenvalue weighted by Gasteiger charge is -2.34. The number of rotatable bonds is 11. The van der Waals surface area contributed by atoms with Gasteiger partial charge in [-0.3, -0.25) is 4.79 Å². The predicted molar refractivity (Wildman–Crippen MR) is 130 cm³/mol. The first-order valence-corrected chi connectivity index (χ1v) is 11.7. The first kappa shape index (κ1) is 25.0. The van der Waals surface area contributed by atoms with Crippen LogP contribution >= 0.6 is 0 Å². The summed E-state index contributed by atoms with van der Waals surface area (Å²) in [6, 6.07) is 4.40. The molecule has 7 nitrogen and oxygen atoms in total. The molecule has 0 aliphatic carbocycles. The molecule has 3 rings (SSSR count). The molecule has 0 saturated heterocycles. The van der Waals surface area contributed by atoms with Crippen LogP contribution in [-0.4, -0.2) is 40.0 Å². The van der Waals surface area contributed by atoms with E-state index in [2.05, 4.69) is 18.0 Å². The molecule has 0 bridgehead atoms. The van der Waals surface area contributed by atoms with Crippen molar-refractivity contribution in [3.05, 3.63) is 77.6 Å². The molecule has 0 spiro atoms. The van der Waals surface area contributed by atoms with Crippen LogP contribution in [0.2, 0.25) is 0 Å². The van der Waals surface area contributed by atoms with Crippen LogP contribution in [0, 0.1) is 0 Å². The van der Waals surface area contributed by atoms with Gasteiger partial charge in [0.2, 0.25) is 11.8 Å². The fraction of sp³-hybridized carbons (Fsp3) is 0.370. The number of allylic oxidation sites excluding steroid dienone is 4. The van der Waals surface area contributed by atoms with Gasteiger partial charge in [0, 0.05) is 19.0 Å². The Labute approximate surface area is 200 Å². The van der Waals surface area contributed by atoms with Crippen LogP contribution in [0.25, 0.3) is 6.08 Å². The van der Waals surface area contributed by atoms with E-state index >= 15 is 0 Å². The molecule has 2 heterocycles. The molecule has 1 N–H and O–H groups in total. The van der Waals surface area contributed by atoms with E-state index in [0.29, 0.717) is 43.2 Å². The highest BCUT2D eigenvalue weighted by atomic mass is 16.5. The van der Waals surface area contributed by atoms with Gasteiger partial charge in [-0.2, -0.15) is 0 Å². The van der Waals surface area contributed by atoms with Gasteiger partial charge in [0.15, 0.2) is 6.04 Å². The van der Waals surface area contributed by atoms with E-state index in [9.17, 15) is 14.7 Å². The number of amides is 1. The van der Waals surface area contributed by atoms with Crippen molar-refractivity contribution < 1.29 is 23.8 Å². The van der Waals surface area contributed by atoms with Crippen molar-refractivity contribution in [2.45, 2.75) is 52.0 Å². The van der Waals surface area contributed by atoms with Crippen LogP contribution in [-0.2, 0) is 22.4 Å². The Morgan fingerprint density at radius 3 is 2.94 bits per heavy atom. The van der Waals surface area contributed by atoms with Crippen LogP contribution in [0.3, 0.4) is 0 Å². The monoisotopic (exact) mass is 464 g/mol. The number of carboxylic acid groups (broad SMARTS) is 1. The normalized spacial score (nSPS) is 15.9. The SMILES string of the molecule is CC=CC=CC(=O)N1CCc2ccc(OCCc3coc(C=CCCCC)n3)cc2C1C(=O)O. The topological polar surface area (TPSA) is 92.9 Å². The number of hydrogen-bond donors (Lipinski definition) is 1. The second-order valence-corrected chi connectivity index (χ2v) is 8.09. The van der Waals surface area contributed by atoms with E-state index in [1.165, 1.54) is 11.0 Å². The van der Waals surface area contributed by atoms with E-state index in [1.807, 2.05) is 25.1 Å². The largest absolute Gasteiger partial charge is 0.493 e. The molecule has 7 heteroatoms. The summed E-state index contributed by atoms with van der Waals surface area (Å²) in [5.74, 6) is -0.245. The average molecular weight is 465 g/mol. The lowest BCUT2D eigenvalue weighted by atomic mass is 9.92. The fourth-order valence-corrected chi connectivity index (χ4v) is 3.82. The van der Waals surface area contributed by atoms with Crippen LogP contribution < -0.4 is 4.74 Å². The third kappa shape index (κ3) is 6.70. The molecule has 180 valence electrons. The van der Waals surface area contributed by atoms with Gasteiger partial charge >= 0.3 is 5.97 Å². The van der Waals surface area contributed by atoms with Crippen molar-refractivity contribution in [3.63, 3.8) is 0 Å². The number of unbranched alkanes of at least 4 members (excludes halogenated alkanes) is 2. The molecule has 0 saturated carbocycles. The molecule has 0 fully saturated rings. The highest BCUT2D eigenvalue weighted by Gasteiger charge is 2.35. The van der Waals surface area contributed by atoms with E-state index in [1.54, 1.807) is 30.6 Å². The lowest BCUT2D eigenvalue weighted by molar-refractivity contribution is -0.149. The summed E-state index contributed by atoms with van der Waals surface area (Å²) < 4.78 is 11.3. The number of carbonyl (C=O) groups excluding carboxylic acids is 1. The summed E-state index contributed by atoms with van der Waals surface area (Å²) in [6.45, 7) is 4.73. The number of hydrogen-bond acceptors (Lipinski definition) is 5. The fourth-order valence-electron chi connectivity index (χ4n) is 3.82. The smallest absolute Gasteiger partial charge is 0.331 e. The maximum atomic E-state index is 12.6. The number of aliphatic carboxylic acids is 1. The predicted octanol–water partition coefficient (Wildman–Crippen LogP) is 5.14. The standard InChI is InChI=1S/C27H32N2O5/c1-3-5-7-9-10-24-28-21(19-34-24)15-17-33-22-13-12-20-14-16-29(25(30)11-8-6-4-2)26(27(31)32)23(20)18-22/h4,6,8-13,18-19,26H,3,5,7,14-17H2,1-2H3,(H,31,32). The molecule has 1 amide bonds. The molecule has 0 radical (unpaired) electrons. The molecule has 1 atom stereocenters. The minimum Gasteiger partial charge on any atom is -0.493 e. The molecule has 1 aliphatic rings. The van der Waals surface area contributed by atoms with Crippen LogP contribution in [0.4, 0.5) is 0 Å². The second-order valence-electron chi connectivity index (χ2n) is 8.09. The van der Waals surface area contributed by atoms with Gasteiger partial charge in [-0.05, 0) is 49.1 Å². The summed E-state index contributed by atoms with van der Waals surface area (Å²) in [7, 11) is 0.